The number of aromatic nitrogens is 3. The van der Waals surface area contributed by atoms with Gasteiger partial charge in [0.1, 0.15) is 0 Å². The molecule has 1 N–H and O–H groups in total. The molecular formula is C15H22N4S. The van der Waals surface area contributed by atoms with Crippen LogP contribution in [0.2, 0.25) is 0 Å². The summed E-state index contributed by atoms with van der Waals surface area (Å²) in [6.45, 7) is 5.16. The maximum absolute atomic E-state index is 4.59. The molecule has 20 heavy (non-hydrogen) atoms. The lowest BCUT2D eigenvalue weighted by atomic mass is 10.1. The van der Waals surface area contributed by atoms with Gasteiger partial charge in [0.25, 0.3) is 0 Å². The summed E-state index contributed by atoms with van der Waals surface area (Å²) in [6.07, 6.45) is 7.48. The van der Waals surface area contributed by atoms with E-state index in [2.05, 4.69) is 41.0 Å². The average molecular weight is 290 g/mol. The molecule has 4 nitrogen and oxygen atoms in total. The van der Waals surface area contributed by atoms with Crippen LogP contribution in [0.5, 0.6) is 0 Å². The lowest BCUT2D eigenvalue weighted by molar-refractivity contribution is 0.666. The van der Waals surface area contributed by atoms with Gasteiger partial charge >= 0.3 is 0 Å². The molecule has 3 rings (SSSR count). The first-order valence-electron chi connectivity index (χ1n) is 7.51. The molecule has 1 aliphatic heterocycles. The number of aryl methyl sites for hydroxylation is 2. The molecule has 0 bridgehead atoms. The van der Waals surface area contributed by atoms with Crippen LogP contribution in [0.15, 0.2) is 12.4 Å². The van der Waals surface area contributed by atoms with Gasteiger partial charge in [0.15, 0.2) is 5.65 Å². The smallest absolute Gasteiger partial charge is 0.159 e. The van der Waals surface area contributed by atoms with E-state index in [1.54, 1.807) is 0 Å². The zero-order valence-electron chi connectivity index (χ0n) is 12.2. The quantitative estimate of drug-likeness (QED) is 0.938. The zero-order chi connectivity index (χ0) is 13.9. The van der Waals surface area contributed by atoms with E-state index in [-0.39, 0.29) is 0 Å². The van der Waals surface area contributed by atoms with Crippen molar-refractivity contribution >= 4 is 28.5 Å². The van der Waals surface area contributed by atoms with Crippen LogP contribution in [0.1, 0.15) is 32.3 Å². The van der Waals surface area contributed by atoms with Gasteiger partial charge in [0.2, 0.25) is 0 Å². The Labute approximate surface area is 124 Å². The summed E-state index contributed by atoms with van der Waals surface area (Å²) in [5.74, 6) is 2.53. The predicted octanol–water partition coefficient (Wildman–Crippen LogP) is 3.32. The van der Waals surface area contributed by atoms with Crippen molar-refractivity contribution in [1.29, 1.82) is 0 Å². The topological polar surface area (TPSA) is 42.7 Å². The second kappa shape index (κ2) is 6.04. The molecule has 2 aromatic rings. The van der Waals surface area contributed by atoms with Gasteiger partial charge in [-0.2, -0.15) is 16.9 Å². The Hall–Kier alpha value is -1.23. The first-order valence-corrected chi connectivity index (χ1v) is 8.66. The second-order valence-corrected chi connectivity index (χ2v) is 6.47. The number of thioether (sulfide) groups is 1. The normalized spacial score (nSPS) is 16.7. The molecule has 3 heterocycles. The summed E-state index contributed by atoms with van der Waals surface area (Å²) >= 11 is 2.06. The number of anilines is 1. The van der Waals surface area contributed by atoms with E-state index in [0.29, 0.717) is 6.04 Å². The van der Waals surface area contributed by atoms with Gasteiger partial charge in [-0.05, 0) is 43.3 Å². The second-order valence-electron chi connectivity index (χ2n) is 5.24. The van der Waals surface area contributed by atoms with Gasteiger partial charge in [-0.1, -0.05) is 6.92 Å². The summed E-state index contributed by atoms with van der Waals surface area (Å²) < 4.78 is 1.97. The van der Waals surface area contributed by atoms with Gasteiger partial charge < -0.3 is 5.32 Å². The van der Waals surface area contributed by atoms with Crippen molar-refractivity contribution in [3.63, 3.8) is 0 Å². The van der Waals surface area contributed by atoms with Crippen molar-refractivity contribution in [3.05, 3.63) is 18.0 Å². The van der Waals surface area contributed by atoms with Crippen molar-refractivity contribution in [1.82, 2.24) is 14.8 Å². The third-order valence-corrected chi connectivity index (χ3v) is 5.04. The lowest BCUT2D eigenvalue weighted by Gasteiger charge is -2.25. The number of nitrogens with zero attached hydrogens (tertiary/aromatic N) is 3. The van der Waals surface area contributed by atoms with Crippen LogP contribution in [0.25, 0.3) is 11.0 Å². The van der Waals surface area contributed by atoms with E-state index in [0.717, 1.165) is 18.6 Å². The van der Waals surface area contributed by atoms with E-state index >= 15 is 0 Å². The van der Waals surface area contributed by atoms with E-state index in [4.69, 9.17) is 0 Å². The van der Waals surface area contributed by atoms with Crippen LogP contribution >= 0.6 is 11.8 Å². The molecule has 1 saturated heterocycles. The number of rotatable bonds is 4. The van der Waals surface area contributed by atoms with E-state index < -0.39 is 0 Å². The zero-order valence-corrected chi connectivity index (χ0v) is 13.0. The van der Waals surface area contributed by atoms with Crippen molar-refractivity contribution in [2.24, 2.45) is 0 Å². The van der Waals surface area contributed by atoms with Gasteiger partial charge in [-0.15, -0.1) is 0 Å². The first kappa shape index (κ1) is 13.7. The Morgan fingerprint density at radius 1 is 1.30 bits per heavy atom. The summed E-state index contributed by atoms with van der Waals surface area (Å²) in [4.78, 5) is 4.59. The standard InChI is InChI=1S/C15H22N4S/c1-3-11-9-16-15-13(10-17-19(15)4-2)14(11)18-12-5-7-20-8-6-12/h9-10,12H,3-8H2,1-2H3,(H,16,18). The van der Waals surface area contributed by atoms with Crippen LogP contribution in [0.3, 0.4) is 0 Å². The minimum atomic E-state index is 0.595. The third kappa shape index (κ3) is 2.51. The molecule has 0 spiro atoms. The Bertz CT molecular complexity index is 587. The molecule has 0 radical (unpaired) electrons. The predicted molar refractivity (Wildman–Crippen MR) is 86.5 cm³/mol. The van der Waals surface area contributed by atoms with Crippen molar-refractivity contribution < 1.29 is 0 Å². The lowest BCUT2D eigenvalue weighted by Crippen LogP contribution is -2.25. The Kier molecular flexibility index (Phi) is 4.15. The minimum absolute atomic E-state index is 0.595. The molecule has 0 aromatic carbocycles. The van der Waals surface area contributed by atoms with E-state index in [9.17, 15) is 0 Å². The van der Waals surface area contributed by atoms with Crippen molar-refractivity contribution in [2.75, 3.05) is 16.8 Å². The molecule has 0 saturated carbocycles. The van der Waals surface area contributed by atoms with Gasteiger partial charge in [-0.25, -0.2) is 9.67 Å². The van der Waals surface area contributed by atoms with Crippen LogP contribution in [0.4, 0.5) is 5.69 Å². The molecular weight excluding hydrogens is 268 g/mol. The summed E-state index contributed by atoms with van der Waals surface area (Å²) in [5.41, 5.74) is 3.55. The molecule has 1 fully saturated rings. The summed E-state index contributed by atoms with van der Waals surface area (Å²) in [6, 6.07) is 0.595. The van der Waals surface area contributed by atoms with Crippen molar-refractivity contribution in [3.8, 4) is 0 Å². The van der Waals surface area contributed by atoms with Gasteiger partial charge in [-0.3, -0.25) is 0 Å². The maximum atomic E-state index is 4.59. The maximum Gasteiger partial charge on any atom is 0.159 e. The highest BCUT2D eigenvalue weighted by Crippen LogP contribution is 2.29. The Balaban J connectivity index is 1.99. The van der Waals surface area contributed by atoms with Crippen LogP contribution in [-0.2, 0) is 13.0 Å². The number of hydrogen-bond donors (Lipinski definition) is 1. The third-order valence-electron chi connectivity index (χ3n) is 3.99. The fourth-order valence-electron chi connectivity index (χ4n) is 2.78. The fraction of sp³-hybridized carbons (Fsp3) is 0.600. The Morgan fingerprint density at radius 2 is 2.10 bits per heavy atom. The Morgan fingerprint density at radius 3 is 2.80 bits per heavy atom. The monoisotopic (exact) mass is 290 g/mol. The minimum Gasteiger partial charge on any atom is -0.381 e. The molecule has 0 amide bonds. The number of nitrogens with one attached hydrogen (secondary N) is 1. The molecule has 5 heteroatoms. The molecule has 2 aromatic heterocycles. The van der Waals surface area contributed by atoms with E-state index in [1.165, 1.54) is 41.0 Å². The summed E-state index contributed by atoms with van der Waals surface area (Å²) in [7, 11) is 0. The highest BCUT2D eigenvalue weighted by molar-refractivity contribution is 7.99. The van der Waals surface area contributed by atoms with E-state index in [1.807, 2.05) is 17.1 Å². The number of fused-ring (bicyclic) bond motifs is 1. The molecule has 0 aliphatic carbocycles. The van der Waals surface area contributed by atoms with Crippen LogP contribution in [-0.4, -0.2) is 32.3 Å². The van der Waals surface area contributed by atoms with Gasteiger partial charge in [0, 0.05) is 18.8 Å². The van der Waals surface area contributed by atoms with Gasteiger partial charge in [0.05, 0.1) is 17.3 Å². The number of pyridine rings is 1. The fourth-order valence-corrected chi connectivity index (χ4v) is 3.89. The average Bonchev–Trinajstić information content (AvgIpc) is 2.92. The molecule has 108 valence electrons. The largest absolute Gasteiger partial charge is 0.381 e. The van der Waals surface area contributed by atoms with Crippen LogP contribution in [0, 0.1) is 0 Å². The highest BCUT2D eigenvalue weighted by atomic mass is 32.2. The SMILES string of the molecule is CCc1cnc2c(cnn2CC)c1NC1CCSCC1. The highest BCUT2D eigenvalue weighted by Gasteiger charge is 2.18. The molecule has 0 unspecified atom stereocenters. The molecule has 0 atom stereocenters. The number of hydrogen-bond acceptors (Lipinski definition) is 4. The molecule has 1 aliphatic rings. The summed E-state index contributed by atoms with van der Waals surface area (Å²) in [5, 5.41) is 9.40. The van der Waals surface area contributed by atoms with Crippen molar-refractivity contribution in [2.45, 2.75) is 45.7 Å². The van der Waals surface area contributed by atoms with Crippen LogP contribution < -0.4 is 5.32 Å². The first-order chi connectivity index (χ1) is 9.83.